The highest BCUT2D eigenvalue weighted by molar-refractivity contribution is 5.92. The third-order valence-electron chi connectivity index (χ3n) is 4.93. The van der Waals surface area contributed by atoms with Gasteiger partial charge in [-0.15, -0.1) is 0 Å². The zero-order chi connectivity index (χ0) is 22.0. The van der Waals surface area contributed by atoms with Crippen LogP contribution in [0.5, 0.6) is 5.75 Å². The molecule has 0 aliphatic carbocycles. The van der Waals surface area contributed by atoms with Crippen LogP contribution in [0, 0.1) is 12.7 Å². The van der Waals surface area contributed by atoms with Crippen molar-refractivity contribution >= 4 is 5.91 Å². The van der Waals surface area contributed by atoms with Crippen molar-refractivity contribution in [3.63, 3.8) is 0 Å². The van der Waals surface area contributed by atoms with Gasteiger partial charge >= 0.3 is 0 Å². The quantitative estimate of drug-likeness (QED) is 0.490. The number of pyridine rings is 1. The number of aromatic nitrogens is 3. The predicted molar refractivity (Wildman–Crippen MR) is 116 cm³/mol. The fourth-order valence-corrected chi connectivity index (χ4v) is 3.38. The molecule has 4 rings (SSSR count). The molecule has 0 saturated carbocycles. The Bertz CT molecular complexity index is 1250. The van der Waals surface area contributed by atoms with Gasteiger partial charge in [0.1, 0.15) is 5.82 Å². The van der Waals surface area contributed by atoms with E-state index in [-0.39, 0.29) is 5.75 Å². The molecule has 7 heteroatoms. The predicted octanol–water partition coefficient (Wildman–Crippen LogP) is 4.28. The number of H-pyrrole nitrogens is 1. The molecule has 31 heavy (non-hydrogen) atoms. The third kappa shape index (κ3) is 4.30. The van der Waals surface area contributed by atoms with Crippen molar-refractivity contribution in [2.24, 2.45) is 5.73 Å². The Kier molecular flexibility index (Phi) is 5.49. The van der Waals surface area contributed by atoms with Gasteiger partial charge < -0.3 is 15.5 Å². The summed E-state index contributed by atoms with van der Waals surface area (Å²) in [6.45, 7) is 1.91. The van der Waals surface area contributed by atoms with Crippen LogP contribution in [0.4, 0.5) is 4.39 Å². The van der Waals surface area contributed by atoms with Crippen LogP contribution in [0.1, 0.15) is 27.4 Å². The molecular formula is C24H21FN4O2. The lowest BCUT2D eigenvalue weighted by atomic mass is 10.1. The first-order valence-electron chi connectivity index (χ1n) is 9.70. The van der Waals surface area contributed by atoms with Crippen LogP contribution in [0.15, 0.2) is 60.7 Å². The fourth-order valence-electron chi connectivity index (χ4n) is 3.38. The zero-order valence-corrected chi connectivity index (χ0v) is 17.1. The number of benzene rings is 2. The Morgan fingerprint density at radius 2 is 1.87 bits per heavy atom. The van der Waals surface area contributed by atoms with Crippen molar-refractivity contribution in [3.05, 3.63) is 89.1 Å². The molecule has 4 aromatic rings. The third-order valence-corrected chi connectivity index (χ3v) is 4.93. The van der Waals surface area contributed by atoms with Gasteiger partial charge in [-0.05, 0) is 55.0 Å². The maximum Gasteiger partial charge on any atom is 0.248 e. The summed E-state index contributed by atoms with van der Waals surface area (Å²) in [5, 5.41) is 0. The molecule has 0 unspecified atom stereocenters. The van der Waals surface area contributed by atoms with E-state index in [0.29, 0.717) is 40.5 Å². The second kappa shape index (κ2) is 8.39. The normalized spacial score (nSPS) is 10.8. The van der Waals surface area contributed by atoms with Gasteiger partial charge in [0.25, 0.3) is 0 Å². The number of aromatic amines is 1. The molecule has 0 atom stereocenters. The Morgan fingerprint density at radius 3 is 2.52 bits per heavy atom. The molecule has 2 aromatic carbocycles. The molecule has 0 radical (unpaired) electrons. The van der Waals surface area contributed by atoms with Crippen molar-refractivity contribution in [2.75, 3.05) is 7.11 Å². The van der Waals surface area contributed by atoms with Gasteiger partial charge in [-0.2, -0.15) is 0 Å². The van der Waals surface area contributed by atoms with Crippen LogP contribution in [0.3, 0.4) is 0 Å². The summed E-state index contributed by atoms with van der Waals surface area (Å²) in [5.41, 5.74) is 10.2. The van der Waals surface area contributed by atoms with Crippen molar-refractivity contribution in [1.82, 2.24) is 15.0 Å². The van der Waals surface area contributed by atoms with E-state index in [9.17, 15) is 9.18 Å². The average Bonchev–Trinajstić information content (AvgIpc) is 3.18. The molecular weight excluding hydrogens is 395 g/mol. The number of carbonyl (C=O) groups is 1. The van der Waals surface area contributed by atoms with Gasteiger partial charge in [-0.1, -0.05) is 18.2 Å². The van der Waals surface area contributed by atoms with E-state index in [1.807, 2.05) is 37.3 Å². The molecule has 6 nitrogen and oxygen atoms in total. The summed E-state index contributed by atoms with van der Waals surface area (Å²) >= 11 is 0. The Balaban J connectivity index is 1.76. The lowest BCUT2D eigenvalue weighted by Gasteiger charge is -2.06. The minimum atomic E-state index is -0.471. The number of nitrogens with two attached hydrogens (primary N) is 1. The van der Waals surface area contributed by atoms with Gasteiger partial charge in [-0.25, -0.2) is 9.37 Å². The first-order chi connectivity index (χ1) is 14.9. The van der Waals surface area contributed by atoms with E-state index in [0.717, 1.165) is 11.3 Å². The molecule has 0 aliphatic rings. The number of nitrogens with one attached hydrogen (secondary N) is 1. The fraction of sp³-hybridized carbons (Fsp3) is 0.125. The minimum Gasteiger partial charge on any atom is -0.494 e. The smallest absolute Gasteiger partial charge is 0.248 e. The van der Waals surface area contributed by atoms with Gasteiger partial charge in [0, 0.05) is 23.2 Å². The largest absolute Gasteiger partial charge is 0.494 e. The number of imidazole rings is 1. The summed E-state index contributed by atoms with van der Waals surface area (Å²) in [7, 11) is 1.43. The van der Waals surface area contributed by atoms with E-state index in [4.69, 9.17) is 15.5 Å². The van der Waals surface area contributed by atoms with Crippen molar-refractivity contribution < 1.29 is 13.9 Å². The molecule has 1 amide bonds. The Labute approximate surface area is 178 Å². The van der Waals surface area contributed by atoms with E-state index in [1.165, 1.54) is 13.2 Å². The standard InChI is InChI=1S/C24H21FN4O2/c1-14-4-3-5-19(27-14)23-22(17-10-11-20(31-2)18(25)13-17)28-21(29-23)12-15-6-8-16(9-7-15)24(26)30/h3-11,13H,12H2,1-2H3,(H2,26,30)(H,28,29). The van der Waals surface area contributed by atoms with Crippen LogP contribution in [-0.2, 0) is 6.42 Å². The summed E-state index contributed by atoms with van der Waals surface area (Å²) in [6, 6.07) is 17.5. The number of halogens is 1. The number of primary amides is 1. The molecule has 2 aromatic heterocycles. The summed E-state index contributed by atoms with van der Waals surface area (Å²) in [5.74, 6) is -0.0726. The van der Waals surface area contributed by atoms with E-state index >= 15 is 0 Å². The number of carbonyl (C=O) groups excluding carboxylic acids is 1. The molecule has 3 N–H and O–H groups in total. The van der Waals surface area contributed by atoms with E-state index in [1.54, 1.807) is 24.3 Å². The molecule has 2 heterocycles. The van der Waals surface area contributed by atoms with Crippen LogP contribution < -0.4 is 10.5 Å². The van der Waals surface area contributed by atoms with Gasteiger partial charge in [0.05, 0.1) is 24.2 Å². The monoisotopic (exact) mass is 416 g/mol. The second-order valence-electron chi connectivity index (χ2n) is 7.16. The number of amides is 1. The first kappa shape index (κ1) is 20.3. The minimum absolute atomic E-state index is 0.171. The topological polar surface area (TPSA) is 93.9 Å². The van der Waals surface area contributed by atoms with Crippen LogP contribution in [0.2, 0.25) is 0 Å². The van der Waals surface area contributed by atoms with Gasteiger partial charge in [0.2, 0.25) is 5.91 Å². The van der Waals surface area contributed by atoms with Gasteiger partial charge in [0.15, 0.2) is 11.6 Å². The van der Waals surface area contributed by atoms with Crippen molar-refractivity contribution in [3.8, 4) is 28.4 Å². The highest BCUT2D eigenvalue weighted by Gasteiger charge is 2.17. The number of nitrogens with zero attached hydrogens (tertiary/aromatic N) is 2. The second-order valence-corrected chi connectivity index (χ2v) is 7.16. The molecule has 0 bridgehead atoms. The average molecular weight is 416 g/mol. The van der Waals surface area contributed by atoms with Crippen LogP contribution >= 0.6 is 0 Å². The Morgan fingerprint density at radius 1 is 1.10 bits per heavy atom. The lowest BCUT2D eigenvalue weighted by Crippen LogP contribution is -2.10. The zero-order valence-electron chi connectivity index (χ0n) is 17.1. The number of aryl methyl sites for hydroxylation is 1. The van der Waals surface area contributed by atoms with Crippen molar-refractivity contribution in [2.45, 2.75) is 13.3 Å². The number of ether oxygens (including phenoxy) is 1. The number of methoxy groups -OCH3 is 1. The molecule has 156 valence electrons. The van der Waals surface area contributed by atoms with E-state index in [2.05, 4.69) is 9.97 Å². The highest BCUT2D eigenvalue weighted by atomic mass is 19.1. The van der Waals surface area contributed by atoms with Gasteiger partial charge in [-0.3, -0.25) is 9.78 Å². The number of hydrogen-bond acceptors (Lipinski definition) is 4. The molecule has 0 aliphatic heterocycles. The van der Waals surface area contributed by atoms with Crippen LogP contribution in [0.25, 0.3) is 22.6 Å². The van der Waals surface area contributed by atoms with E-state index < -0.39 is 11.7 Å². The highest BCUT2D eigenvalue weighted by Crippen LogP contribution is 2.32. The molecule has 0 spiro atoms. The van der Waals surface area contributed by atoms with Crippen molar-refractivity contribution in [1.29, 1.82) is 0 Å². The summed E-state index contributed by atoms with van der Waals surface area (Å²) < 4.78 is 19.4. The molecule has 0 saturated heterocycles. The summed E-state index contributed by atoms with van der Waals surface area (Å²) in [4.78, 5) is 24.0. The summed E-state index contributed by atoms with van der Waals surface area (Å²) in [6.07, 6.45) is 0.497. The molecule has 0 fully saturated rings. The maximum absolute atomic E-state index is 14.4. The number of rotatable bonds is 6. The number of hydrogen-bond donors (Lipinski definition) is 2. The van der Waals surface area contributed by atoms with Crippen LogP contribution in [-0.4, -0.2) is 28.0 Å². The SMILES string of the molecule is COc1ccc(-c2nc(Cc3ccc(C(N)=O)cc3)[nH]c2-c2cccc(C)n2)cc1F. The first-order valence-corrected chi connectivity index (χ1v) is 9.70. The maximum atomic E-state index is 14.4. The Hall–Kier alpha value is -4.00. The lowest BCUT2D eigenvalue weighted by molar-refractivity contribution is 0.100.